The van der Waals surface area contributed by atoms with Crippen LogP contribution < -0.4 is 10.6 Å². The highest BCUT2D eigenvalue weighted by Gasteiger charge is 2.33. The first-order valence-corrected chi connectivity index (χ1v) is 6.39. The van der Waals surface area contributed by atoms with Crippen molar-refractivity contribution in [3.63, 3.8) is 0 Å². The Bertz CT molecular complexity index is 461. The van der Waals surface area contributed by atoms with Crippen LogP contribution in [0.4, 0.5) is 4.39 Å². The smallest absolute Gasteiger partial charge is 0.246 e. The largest absolute Gasteiger partial charge is 0.363 e. The van der Waals surface area contributed by atoms with Crippen LogP contribution in [0.3, 0.4) is 0 Å². The first kappa shape index (κ1) is 14.0. The van der Waals surface area contributed by atoms with Gasteiger partial charge in [-0.25, -0.2) is 4.39 Å². The average molecular weight is 266 g/mol. The molecular formula is C14H19FN2O2. The lowest BCUT2D eigenvalue weighted by Crippen LogP contribution is -2.59. The van der Waals surface area contributed by atoms with E-state index in [2.05, 4.69) is 10.6 Å². The van der Waals surface area contributed by atoms with Gasteiger partial charge in [0.25, 0.3) is 0 Å². The summed E-state index contributed by atoms with van der Waals surface area (Å²) < 4.78 is 19.1. The molecule has 1 atom stereocenters. The Kier molecular flexibility index (Phi) is 4.17. The molecule has 0 radical (unpaired) electrons. The first-order chi connectivity index (χ1) is 9.00. The Hall–Kier alpha value is -1.46. The van der Waals surface area contributed by atoms with Gasteiger partial charge in [-0.2, -0.15) is 0 Å². The maximum atomic E-state index is 13.5. The molecule has 1 amide bonds. The fourth-order valence-corrected chi connectivity index (χ4v) is 2.01. The minimum Gasteiger partial charge on any atom is -0.363 e. The molecule has 2 rings (SSSR count). The van der Waals surface area contributed by atoms with Crippen LogP contribution in [0, 0.1) is 5.82 Å². The van der Waals surface area contributed by atoms with Gasteiger partial charge < -0.3 is 15.4 Å². The molecule has 5 heteroatoms. The van der Waals surface area contributed by atoms with Crippen LogP contribution in [0.1, 0.15) is 25.5 Å². The van der Waals surface area contributed by atoms with Crippen LogP contribution in [0.5, 0.6) is 0 Å². The lowest BCUT2D eigenvalue weighted by atomic mass is 10.0. The summed E-state index contributed by atoms with van der Waals surface area (Å²) in [5, 5.41) is 5.83. The second-order valence-corrected chi connectivity index (χ2v) is 5.15. The van der Waals surface area contributed by atoms with E-state index in [4.69, 9.17) is 4.74 Å². The van der Waals surface area contributed by atoms with Crippen LogP contribution in [-0.2, 0) is 9.53 Å². The zero-order chi connectivity index (χ0) is 13.9. The van der Waals surface area contributed by atoms with Crippen molar-refractivity contribution >= 4 is 5.91 Å². The third-order valence-corrected chi connectivity index (χ3v) is 3.30. The minimum absolute atomic E-state index is 0.00300. The van der Waals surface area contributed by atoms with E-state index in [9.17, 15) is 9.18 Å². The predicted octanol–water partition coefficient (Wildman–Crippen LogP) is 1.38. The van der Waals surface area contributed by atoms with Crippen molar-refractivity contribution in [2.75, 3.05) is 19.7 Å². The molecule has 1 aliphatic heterocycles. The highest BCUT2D eigenvalue weighted by atomic mass is 19.1. The summed E-state index contributed by atoms with van der Waals surface area (Å²) in [6.45, 7) is 5.21. The van der Waals surface area contributed by atoms with Gasteiger partial charge in [0.2, 0.25) is 5.91 Å². The lowest BCUT2D eigenvalue weighted by Gasteiger charge is -2.38. The fourth-order valence-electron chi connectivity index (χ4n) is 2.01. The quantitative estimate of drug-likeness (QED) is 0.846. The van der Waals surface area contributed by atoms with Gasteiger partial charge in [0.15, 0.2) is 0 Å². The van der Waals surface area contributed by atoms with Gasteiger partial charge in [-0.1, -0.05) is 18.2 Å². The molecule has 0 spiro atoms. The predicted molar refractivity (Wildman–Crippen MR) is 70.2 cm³/mol. The van der Waals surface area contributed by atoms with Gasteiger partial charge in [0, 0.05) is 18.7 Å². The molecular weight excluding hydrogens is 247 g/mol. The normalized spacial score (nSPS) is 18.5. The highest BCUT2D eigenvalue weighted by Crippen LogP contribution is 2.17. The summed E-state index contributed by atoms with van der Waals surface area (Å²) in [5.74, 6) is -0.546. The second kappa shape index (κ2) is 5.67. The Labute approximate surface area is 112 Å². The van der Waals surface area contributed by atoms with E-state index in [-0.39, 0.29) is 30.0 Å². The first-order valence-electron chi connectivity index (χ1n) is 6.39. The molecule has 0 aromatic heterocycles. The molecule has 1 fully saturated rings. The molecule has 0 aliphatic carbocycles. The van der Waals surface area contributed by atoms with Gasteiger partial charge in [-0.15, -0.1) is 0 Å². The molecule has 2 N–H and O–H groups in total. The topological polar surface area (TPSA) is 50.4 Å². The Balaban J connectivity index is 1.83. The third-order valence-electron chi connectivity index (χ3n) is 3.30. The minimum atomic E-state index is -0.371. The lowest BCUT2D eigenvalue weighted by molar-refractivity contribution is -0.136. The van der Waals surface area contributed by atoms with Crippen LogP contribution in [-0.4, -0.2) is 31.2 Å². The molecule has 4 nitrogen and oxygen atoms in total. The molecule has 1 heterocycles. The van der Waals surface area contributed by atoms with Crippen LogP contribution >= 0.6 is 0 Å². The number of nitrogens with one attached hydrogen (secondary N) is 2. The number of rotatable bonds is 5. The Morgan fingerprint density at radius 2 is 2.21 bits per heavy atom. The number of amides is 1. The van der Waals surface area contributed by atoms with E-state index in [0.29, 0.717) is 5.56 Å². The van der Waals surface area contributed by atoms with Crippen molar-refractivity contribution in [1.82, 2.24) is 10.6 Å². The number of hydrogen-bond donors (Lipinski definition) is 2. The molecule has 1 aromatic rings. The van der Waals surface area contributed by atoms with Crippen molar-refractivity contribution in [2.24, 2.45) is 0 Å². The number of carbonyl (C=O) groups excluding carboxylic acids is 1. The Morgan fingerprint density at radius 1 is 1.53 bits per heavy atom. The molecule has 1 aromatic carbocycles. The maximum Gasteiger partial charge on any atom is 0.246 e. The maximum absolute atomic E-state index is 13.5. The summed E-state index contributed by atoms with van der Waals surface area (Å²) in [7, 11) is 0. The number of hydrogen-bond acceptors (Lipinski definition) is 3. The molecule has 0 saturated carbocycles. The summed E-state index contributed by atoms with van der Waals surface area (Å²) in [4.78, 5) is 11.7. The van der Waals surface area contributed by atoms with Crippen LogP contribution in [0.15, 0.2) is 24.3 Å². The number of ether oxygens (including phenoxy) is 1. The van der Waals surface area contributed by atoms with Gasteiger partial charge in [-0.3, -0.25) is 4.79 Å². The van der Waals surface area contributed by atoms with Gasteiger partial charge in [0.05, 0.1) is 11.6 Å². The summed E-state index contributed by atoms with van der Waals surface area (Å²) in [6.07, 6.45) is 0. The Morgan fingerprint density at radius 3 is 2.79 bits per heavy atom. The van der Waals surface area contributed by atoms with Crippen molar-refractivity contribution in [3.8, 4) is 0 Å². The molecule has 1 saturated heterocycles. The van der Waals surface area contributed by atoms with Crippen molar-refractivity contribution in [2.45, 2.75) is 25.5 Å². The highest BCUT2D eigenvalue weighted by molar-refractivity contribution is 5.77. The zero-order valence-corrected chi connectivity index (χ0v) is 11.2. The SMILES string of the molecule is CC(NC(=O)COC1(C)CNC1)c1ccccc1F. The van der Waals surface area contributed by atoms with Gasteiger partial charge >= 0.3 is 0 Å². The van der Waals surface area contributed by atoms with Crippen LogP contribution in [0.25, 0.3) is 0 Å². The average Bonchev–Trinajstić information content (AvgIpc) is 2.34. The monoisotopic (exact) mass is 266 g/mol. The van der Waals surface area contributed by atoms with E-state index in [1.165, 1.54) is 6.07 Å². The van der Waals surface area contributed by atoms with Crippen molar-refractivity contribution in [1.29, 1.82) is 0 Å². The summed E-state index contributed by atoms with van der Waals surface area (Å²) in [5.41, 5.74) is 0.228. The van der Waals surface area contributed by atoms with Crippen LogP contribution in [0.2, 0.25) is 0 Å². The standard InChI is InChI=1S/C14H19FN2O2/c1-10(11-5-3-4-6-12(11)15)17-13(18)7-19-14(2)8-16-9-14/h3-6,10,16H,7-9H2,1-2H3,(H,17,18). The zero-order valence-electron chi connectivity index (χ0n) is 11.2. The number of halogens is 1. The van der Waals surface area contributed by atoms with E-state index < -0.39 is 0 Å². The summed E-state index contributed by atoms with van der Waals surface area (Å²) in [6, 6.07) is 6.05. The van der Waals surface area contributed by atoms with Crippen molar-refractivity contribution < 1.29 is 13.9 Å². The molecule has 104 valence electrons. The second-order valence-electron chi connectivity index (χ2n) is 5.15. The third kappa shape index (κ3) is 3.52. The summed E-state index contributed by atoms with van der Waals surface area (Å²) >= 11 is 0. The number of carbonyl (C=O) groups is 1. The fraction of sp³-hybridized carbons (Fsp3) is 0.500. The van der Waals surface area contributed by atoms with Crippen molar-refractivity contribution in [3.05, 3.63) is 35.6 Å². The van der Waals surface area contributed by atoms with E-state index >= 15 is 0 Å². The molecule has 0 bridgehead atoms. The van der Waals surface area contributed by atoms with Gasteiger partial charge in [-0.05, 0) is 19.9 Å². The van der Waals surface area contributed by atoms with Gasteiger partial charge in [0.1, 0.15) is 12.4 Å². The van der Waals surface area contributed by atoms with E-state index in [0.717, 1.165) is 13.1 Å². The molecule has 1 aliphatic rings. The van der Waals surface area contributed by atoms with E-state index in [1.807, 2.05) is 6.92 Å². The number of benzene rings is 1. The molecule has 19 heavy (non-hydrogen) atoms. The van der Waals surface area contributed by atoms with E-state index in [1.54, 1.807) is 25.1 Å². The molecule has 1 unspecified atom stereocenters.